The molecule has 0 aliphatic heterocycles. The summed E-state index contributed by atoms with van der Waals surface area (Å²) >= 11 is 0. The van der Waals surface area contributed by atoms with E-state index in [1.807, 2.05) is 6.92 Å². The minimum Gasteiger partial charge on any atom is -0.369 e. The molecule has 0 aliphatic rings. The lowest BCUT2D eigenvalue weighted by molar-refractivity contribution is -0.388. The van der Waals surface area contributed by atoms with Crippen molar-refractivity contribution in [2.75, 3.05) is 18.4 Å². The Labute approximate surface area is 98.4 Å². The maximum absolute atomic E-state index is 11.3. The molecular formula is C10H14N4O3. The van der Waals surface area contributed by atoms with Crippen LogP contribution in [0.15, 0.2) is 18.3 Å². The van der Waals surface area contributed by atoms with Gasteiger partial charge in [-0.15, -0.1) is 0 Å². The van der Waals surface area contributed by atoms with Crippen LogP contribution in [0.3, 0.4) is 0 Å². The minimum atomic E-state index is -0.591. The molecule has 7 nitrogen and oxygen atoms in total. The fourth-order valence-electron chi connectivity index (χ4n) is 1.18. The number of hydrogen-bond acceptors (Lipinski definition) is 5. The minimum absolute atomic E-state index is 0.00741. The van der Waals surface area contributed by atoms with Crippen LogP contribution in [0.2, 0.25) is 0 Å². The van der Waals surface area contributed by atoms with Crippen molar-refractivity contribution in [2.24, 2.45) is 0 Å². The van der Waals surface area contributed by atoms with E-state index in [0.717, 1.165) is 6.42 Å². The van der Waals surface area contributed by atoms with Crippen molar-refractivity contribution in [3.8, 4) is 0 Å². The Morgan fingerprint density at radius 2 is 2.35 bits per heavy atom. The zero-order valence-electron chi connectivity index (χ0n) is 9.47. The predicted molar refractivity (Wildman–Crippen MR) is 62.7 cm³/mol. The molecule has 0 bridgehead atoms. The van der Waals surface area contributed by atoms with Crippen molar-refractivity contribution in [1.82, 2.24) is 10.3 Å². The molecule has 0 atom stereocenters. The first kappa shape index (κ1) is 12.9. The predicted octanol–water partition coefficient (Wildman–Crippen LogP) is 0.928. The van der Waals surface area contributed by atoms with E-state index in [2.05, 4.69) is 15.6 Å². The third-order valence-corrected chi connectivity index (χ3v) is 1.97. The van der Waals surface area contributed by atoms with Crippen LogP contribution >= 0.6 is 0 Å². The number of pyridine rings is 1. The number of amides is 1. The first-order valence-corrected chi connectivity index (χ1v) is 5.25. The second kappa shape index (κ2) is 6.41. The Morgan fingerprint density at radius 3 is 3.00 bits per heavy atom. The summed E-state index contributed by atoms with van der Waals surface area (Å²) in [5.41, 5.74) is 0.240. The van der Waals surface area contributed by atoms with E-state index in [4.69, 9.17) is 0 Å². The lowest BCUT2D eigenvalue weighted by atomic mass is 10.3. The highest BCUT2D eigenvalue weighted by molar-refractivity contribution is 5.81. The largest absolute Gasteiger partial charge is 0.386 e. The highest BCUT2D eigenvalue weighted by atomic mass is 16.6. The van der Waals surface area contributed by atoms with Crippen LogP contribution in [0.4, 0.5) is 11.5 Å². The quantitative estimate of drug-likeness (QED) is 0.567. The molecule has 0 radical (unpaired) electrons. The van der Waals surface area contributed by atoms with Gasteiger partial charge in [0.15, 0.2) is 0 Å². The van der Waals surface area contributed by atoms with E-state index < -0.39 is 4.92 Å². The lowest BCUT2D eigenvalue weighted by Crippen LogP contribution is -2.30. The number of aromatic nitrogens is 1. The monoisotopic (exact) mass is 238 g/mol. The van der Waals surface area contributed by atoms with Crippen LogP contribution in [0.1, 0.15) is 13.3 Å². The van der Waals surface area contributed by atoms with Gasteiger partial charge in [0, 0.05) is 6.54 Å². The molecule has 0 saturated carbocycles. The number of nitrogens with zero attached hydrogens (tertiary/aromatic N) is 2. The van der Waals surface area contributed by atoms with Gasteiger partial charge < -0.3 is 20.7 Å². The second-order valence-electron chi connectivity index (χ2n) is 3.34. The zero-order chi connectivity index (χ0) is 12.7. The summed E-state index contributed by atoms with van der Waals surface area (Å²) in [7, 11) is 0. The summed E-state index contributed by atoms with van der Waals surface area (Å²) < 4.78 is 0. The topological polar surface area (TPSA) is 97.2 Å². The van der Waals surface area contributed by atoms with E-state index in [1.165, 1.54) is 12.3 Å². The Kier molecular flexibility index (Phi) is 4.86. The van der Waals surface area contributed by atoms with Crippen molar-refractivity contribution < 1.29 is 9.72 Å². The van der Waals surface area contributed by atoms with Gasteiger partial charge in [-0.25, -0.2) is 0 Å². The van der Waals surface area contributed by atoms with Crippen LogP contribution < -0.4 is 10.6 Å². The van der Waals surface area contributed by atoms with Crippen LogP contribution in [-0.4, -0.2) is 28.9 Å². The van der Waals surface area contributed by atoms with Crippen molar-refractivity contribution in [3.63, 3.8) is 0 Å². The number of nitro groups is 1. The summed E-state index contributed by atoms with van der Waals surface area (Å²) in [5, 5.41) is 16.0. The molecule has 0 unspecified atom stereocenters. The molecule has 2 N–H and O–H groups in total. The number of rotatable bonds is 6. The molecule has 1 aromatic rings. The molecule has 1 aromatic heterocycles. The highest BCUT2D eigenvalue weighted by Gasteiger charge is 2.14. The molecule has 92 valence electrons. The van der Waals surface area contributed by atoms with Crippen LogP contribution in [0.5, 0.6) is 0 Å². The molecule has 0 aromatic carbocycles. The normalized spacial score (nSPS) is 9.71. The molecule has 1 amide bonds. The third-order valence-electron chi connectivity index (χ3n) is 1.97. The summed E-state index contributed by atoms with van der Waals surface area (Å²) in [6, 6.07) is 3.08. The second-order valence-corrected chi connectivity index (χ2v) is 3.34. The van der Waals surface area contributed by atoms with Crippen molar-refractivity contribution in [3.05, 3.63) is 28.4 Å². The average Bonchev–Trinajstić information content (AvgIpc) is 2.34. The van der Waals surface area contributed by atoms with Crippen molar-refractivity contribution >= 4 is 17.4 Å². The van der Waals surface area contributed by atoms with E-state index in [9.17, 15) is 14.9 Å². The Hall–Kier alpha value is -2.18. The highest BCUT2D eigenvalue weighted by Crippen LogP contribution is 2.19. The molecule has 0 fully saturated rings. The van der Waals surface area contributed by atoms with Gasteiger partial charge in [-0.1, -0.05) is 6.92 Å². The maximum atomic E-state index is 11.3. The van der Waals surface area contributed by atoms with E-state index in [1.54, 1.807) is 6.07 Å². The van der Waals surface area contributed by atoms with Gasteiger partial charge in [0.05, 0.1) is 6.54 Å². The van der Waals surface area contributed by atoms with Crippen LogP contribution in [0, 0.1) is 10.1 Å². The average molecular weight is 238 g/mol. The molecule has 0 aliphatic carbocycles. The molecular weight excluding hydrogens is 224 g/mol. The number of hydrogen-bond donors (Lipinski definition) is 2. The van der Waals surface area contributed by atoms with Gasteiger partial charge in [0.25, 0.3) is 0 Å². The fourth-order valence-corrected chi connectivity index (χ4v) is 1.18. The molecule has 0 spiro atoms. The van der Waals surface area contributed by atoms with Gasteiger partial charge in [-0.05, 0) is 28.5 Å². The van der Waals surface area contributed by atoms with Gasteiger partial charge >= 0.3 is 5.82 Å². The maximum Gasteiger partial charge on any atom is 0.386 e. The smallest absolute Gasteiger partial charge is 0.369 e. The van der Waals surface area contributed by atoms with Crippen molar-refractivity contribution in [1.29, 1.82) is 0 Å². The van der Waals surface area contributed by atoms with E-state index in [-0.39, 0.29) is 24.0 Å². The number of nitrogens with one attached hydrogen (secondary N) is 2. The summed E-state index contributed by atoms with van der Waals surface area (Å²) in [6.07, 6.45) is 2.18. The zero-order valence-corrected chi connectivity index (χ0v) is 9.47. The van der Waals surface area contributed by atoms with E-state index >= 15 is 0 Å². The molecule has 17 heavy (non-hydrogen) atoms. The summed E-state index contributed by atoms with van der Waals surface area (Å²) in [5.74, 6) is -0.485. The van der Waals surface area contributed by atoms with Gasteiger partial charge in [0.1, 0.15) is 11.9 Å². The van der Waals surface area contributed by atoms with E-state index in [0.29, 0.717) is 6.54 Å². The number of carbonyl (C=O) groups is 1. The van der Waals surface area contributed by atoms with Gasteiger partial charge in [0.2, 0.25) is 5.91 Å². The first-order chi connectivity index (χ1) is 8.15. The van der Waals surface area contributed by atoms with Gasteiger partial charge in [-0.2, -0.15) is 0 Å². The number of carbonyl (C=O) groups excluding carboxylic acids is 1. The molecule has 1 rings (SSSR count). The van der Waals surface area contributed by atoms with Crippen molar-refractivity contribution in [2.45, 2.75) is 13.3 Å². The summed E-state index contributed by atoms with van der Waals surface area (Å²) in [6.45, 7) is 2.53. The molecule has 0 saturated heterocycles. The third kappa shape index (κ3) is 4.06. The Balaban J connectivity index is 2.57. The van der Waals surface area contributed by atoms with Gasteiger partial charge in [-0.3, -0.25) is 4.79 Å². The lowest BCUT2D eigenvalue weighted by Gasteiger charge is -2.06. The standard InChI is InChI=1S/C10H14N4O3/c1-2-5-11-9(15)7-13-8-4-3-6-12-10(8)14(16)17/h3-4,6,13H,2,5,7H2,1H3,(H,11,15). The van der Waals surface area contributed by atoms with Crippen LogP contribution in [-0.2, 0) is 4.79 Å². The Morgan fingerprint density at radius 1 is 1.59 bits per heavy atom. The number of anilines is 1. The first-order valence-electron chi connectivity index (χ1n) is 5.25. The molecule has 1 heterocycles. The molecule has 7 heteroatoms. The fraction of sp³-hybridized carbons (Fsp3) is 0.400. The SMILES string of the molecule is CCCNC(=O)CNc1cccnc1[N+](=O)[O-]. The van der Waals surface area contributed by atoms with Crippen LogP contribution in [0.25, 0.3) is 0 Å². The Bertz CT molecular complexity index is 408. The summed E-state index contributed by atoms with van der Waals surface area (Å²) in [4.78, 5) is 25.0.